The number of anilines is 2. The molecule has 3 heterocycles. The summed E-state index contributed by atoms with van der Waals surface area (Å²) in [6.07, 6.45) is 8.78. The zero-order valence-corrected chi connectivity index (χ0v) is 9.54. The molecule has 0 aliphatic heterocycles. The van der Waals surface area contributed by atoms with Gasteiger partial charge in [-0.1, -0.05) is 0 Å². The first-order chi connectivity index (χ1) is 8.92. The standard InChI is InChI=1S/C13H11N5/c1-3-10(7-14-5-1)12-9-16-13(18-12)17-11-4-2-6-15-8-11/h1-9H,(H2,16,17,18). The van der Waals surface area contributed by atoms with Crippen LogP contribution >= 0.6 is 0 Å². The van der Waals surface area contributed by atoms with Gasteiger partial charge in [-0.3, -0.25) is 9.97 Å². The van der Waals surface area contributed by atoms with Crippen LogP contribution in [0.3, 0.4) is 0 Å². The van der Waals surface area contributed by atoms with Gasteiger partial charge >= 0.3 is 0 Å². The van der Waals surface area contributed by atoms with Gasteiger partial charge in [0.25, 0.3) is 0 Å². The summed E-state index contributed by atoms with van der Waals surface area (Å²) in [6.45, 7) is 0. The molecule has 0 saturated heterocycles. The summed E-state index contributed by atoms with van der Waals surface area (Å²) < 4.78 is 0. The summed E-state index contributed by atoms with van der Waals surface area (Å²) >= 11 is 0. The molecule has 0 aromatic carbocycles. The monoisotopic (exact) mass is 237 g/mol. The van der Waals surface area contributed by atoms with Gasteiger partial charge < -0.3 is 10.3 Å². The minimum atomic E-state index is 0.682. The van der Waals surface area contributed by atoms with Crippen LogP contribution in [-0.4, -0.2) is 19.9 Å². The first-order valence-corrected chi connectivity index (χ1v) is 5.54. The highest BCUT2D eigenvalue weighted by Gasteiger charge is 2.03. The van der Waals surface area contributed by atoms with Crippen molar-refractivity contribution in [2.45, 2.75) is 0 Å². The van der Waals surface area contributed by atoms with Crippen LogP contribution < -0.4 is 5.32 Å². The van der Waals surface area contributed by atoms with Gasteiger partial charge in [-0.25, -0.2) is 4.98 Å². The van der Waals surface area contributed by atoms with Gasteiger partial charge in [-0.05, 0) is 24.3 Å². The van der Waals surface area contributed by atoms with Gasteiger partial charge in [0.15, 0.2) is 0 Å². The summed E-state index contributed by atoms with van der Waals surface area (Å²) in [5.41, 5.74) is 2.82. The van der Waals surface area contributed by atoms with E-state index in [2.05, 4.69) is 25.3 Å². The second-order valence-corrected chi connectivity index (χ2v) is 3.75. The third-order valence-electron chi connectivity index (χ3n) is 2.47. The van der Waals surface area contributed by atoms with Gasteiger partial charge in [-0.15, -0.1) is 0 Å². The van der Waals surface area contributed by atoms with Crippen molar-refractivity contribution in [1.29, 1.82) is 0 Å². The molecule has 2 N–H and O–H groups in total. The Bertz CT molecular complexity index is 618. The average Bonchev–Trinajstić information content (AvgIpc) is 2.89. The lowest BCUT2D eigenvalue weighted by Gasteiger charge is -2.00. The second-order valence-electron chi connectivity index (χ2n) is 3.75. The van der Waals surface area contributed by atoms with Gasteiger partial charge in [0.2, 0.25) is 5.95 Å². The number of aromatic amines is 1. The van der Waals surface area contributed by atoms with Gasteiger partial charge in [-0.2, -0.15) is 0 Å². The maximum Gasteiger partial charge on any atom is 0.205 e. The fraction of sp³-hybridized carbons (Fsp3) is 0. The van der Waals surface area contributed by atoms with Crippen LogP contribution in [0.1, 0.15) is 0 Å². The van der Waals surface area contributed by atoms with E-state index in [1.807, 2.05) is 24.3 Å². The van der Waals surface area contributed by atoms with Gasteiger partial charge in [0.1, 0.15) is 0 Å². The molecule has 0 aliphatic carbocycles. The average molecular weight is 237 g/mol. The molecule has 0 atom stereocenters. The van der Waals surface area contributed by atoms with Crippen LogP contribution in [0, 0.1) is 0 Å². The number of hydrogen-bond donors (Lipinski definition) is 2. The normalized spacial score (nSPS) is 10.2. The first-order valence-electron chi connectivity index (χ1n) is 5.54. The third-order valence-corrected chi connectivity index (χ3v) is 2.47. The SMILES string of the molecule is c1cncc(Nc2ncc(-c3cccnc3)[nH]2)c1. The molecule has 3 aromatic heterocycles. The van der Waals surface area contributed by atoms with Crippen LogP contribution in [0.4, 0.5) is 11.6 Å². The Morgan fingerprint density at radius 1 is 0.944 bits per heavy atom. The van der Waals surface area contributed by atoms with Crippen molar-refractivity contribution in [1.82, 2.24) is 19.9 Å². The molecule has 3 aromatic rings. The van der Waals surface area contributed by atoms with Crippen LogP contribution in [0.25, 0.3) is 11.3 Å². The van der Waals surface area contributed by atoms with Crippen LogP contribution in [0.5, 0.6) is 0 Å². The van der Waals surface area contributed by atoms with E-state index in [1.54, 1.807) is 31.0 Å². The fourth-order valence-electron chi connectivity index (χ4n) is 1.63. The number of H-pyrrole nitrogens is 1. The third kappa shape index (κ3) is 2.20. The van der Waals surface area contributed by atoms with Crippen molar-refractivity contribution in [2.75, 3.05) is 5.32 Å². The molecule has 0 fully saturated rings. The molecular weight excluding hydrogens is 226 g/mol. The Labute approximate surface area is 104 Å². The Balaban J connectivity index is 1.82. The Morgan fingerprint density at radius 2 is 1.78 bits per heavy atom. The zero-order valence-electron chi connectivity index (χ0n) is 9.54. The highest BCUT2D eigenvalue weighted by Crippen LogP contribution is 2.18. The summed E-state index contributed by atoms with van der Waals surface area (Å²) in [7, 11) is 0. The number of hydrogen-bond acceptors (Lipinski definition) is 4. The minimum Gasteiger partial charge on any atom is -0.324 e. The molecule has 88 valence electrons. The largest absolute Gasteiger partial charge is 0.324 e. The van der Waals surface area contributed by atoms with E-state index in [0.717, 1.165) is 16.9 Å². The van der Waals surface area contributed by atoms with Crippen LogP contribution in [0.15, 0.2) is 55.2 Å². The topological polar surface area (TPSA) is 66.5 Å². The van der Waals surface area contributed by atoms with Crippen molar-refractivity contribution in [3.63, 3.8) is 0 Å². The highest BCUT2D eigenvalue weighted by molar-refractivity contribution is 5.61. The maximum absolute atomic E-state index is 4.27. The Morgan fingerprint density at radius 3 is 2.50 bits per heavy atom. The zero-order chi connectivity index (χ0) is 12.2. The fourth-order valence-corrected chi connectivity index (χ4v) is 1.63. The Hall–Kier alpha value is -2.69. The smallest absolute Gasteiger partial charge is 0.205 e. The molecule has 5 heteroatoms. The molecule has 0 saturated carbocycles. The molecular formula is C13H11N5. The first kappa shape index (κ1) is 10.5. The maximum atomic E-state index is 4.27. The molecule has 5 nitrogen and oxygen atoms in total. The lowest BCUT2D eigenvalue weighted by Crippen LogP contribution is -1.92. The molecule has 0 unspecified atom stereocenters. The predicted molar refractivity (Wildman–Crippen MR) is 69.3 cm³/mol. The van der Waals surface area contributed by atoms with Crippen molar-refractivity contribution in [2.24, 2.45) is 0 Å². The quantitative estimate of drug-likeness (QED) is 0.734. The van der Waals surface area contributed by atoms with Crippen LogP contribution in [-0.2, 0) is 0 Å². The lowest BCUT2D eigenvalue weighted by molar-refractivity contribution is 1.26. The number of nitrogens with zero attached hydrogens (tertiary/aromatic N) is 3. The van der Waals surface area contributed by atoms with E-state index in [9.17, 15) is 0 Å². The summed E-state index contributed by atoms with van der Waals surface area (Å²) in [4.78, 5) is 15.6. The molecule has 0 amide bonds. The van der Waals surface area contributed by atoms with Crippen molar-refractivity contribution < 1.29 is 0 Å². The molecule has 0 aliphatic rings. The molecule has 3 rings (SSSR count). The van der Waals surface area contributed by atoms with Crippen molar-refractivity contribution in [3.8, 4) is 11.3 Å². The molecule has 0 spiro atoms. The predicted octanol–water partition coefficient (Wildman–Crippen LogP) is 2.61. The van der Waals surface area contributed by atoms with Crippen molar-refractivity contribution >= 4 is 11.6 Å². The summed E-state index contributed by atoms with van der Waals surface area (Å²) in [5.74, 6) is 0.682. The number of rotatable bonds is 3. The van der Waals surface area contributed by atoms with Crippen LogP contribution in [0.2, 0.25) is 0 Å². The summed E-state index contributed by atoms with van der Waals surface area (Å²) in [6, 6.07) is 7.67. The number of pyridine rings is 2. The minimum absolute atomic E-state index is 0.682. The van der Waals surface area contributed by atoms with Gasteiger partial charge in [0.05, 0.1) is 23.8 Å². The van der Waals surface area contributed by atoms with Gasteiger partial charge in [0, 0.05) is 24.2 Å². The van der Waals surface area contributed by atoms with E-state index in [0.29, 0.717) is 5.95 Å². The lowest BCUT2D eigenvalue weighted by atomic mass is 10.2. The summed E-state index contributed by atoms with van der Waals surface area (Å²) in [5, 5.41) is 3.14. The number of aromatic nitrogens is 4. The molecule has 0 radical (unpaired) electrons. The number of nitrogens with one attached hydrogen (secondary N) is 2. The van der Waals surface area contributed by atoms with E-state index in [1.165, 1.54) is 0 Å². The number of imidazole rings is 1. The van der Waals surface area contributed by atoms with E-state index in [-0.39, 0.29) is 0 Å². The second kappa shape index (κ2) is 4.67. The van der Waals surface area contributed by atoms with E-state index >= 15 is 0 Å². The molecule has 0 bridgehead atoms. The highest BCUT2D eigenvalue weighted by atomic mass is 15.1. The molecule has 18 heavy (non-hydrogen) atoms. The Kier molecular flexibility index (Phi) is 2.71. The van der Waals surface area contributed by atoms with E-state index < -0.39 is 0 Å². The van der Waals surface area contributed by atoms with E-state index in [4.69, 9.17) is 0 Å². The van der Waals surface area contributed by atoms with Crippen molar-refractivity contribution in [3.05, 3.63) is 55.2 Å².